The minimum absolute atomic E-state index is 0.137. The van der Waals surface area contributed by atoms with Crippen LogP contribution < -0.4 is 0 Å². The molecule has 90 valence electrons. The van der Waals surface area contributed by atoms with Crippen molar-refractivity contribution in [1.82, 2.24) is 19.7 Å². The van der Waals surface area contributed by atoms with Crippen LogP contribution in [0.25, 0.3) is 22.2 Å². The summed E-state index contributed by atoms with van der Waals surface area (Å²) in [7, 11) is 1.76. The molecule has 18 heavy (non-hydrogen) atoms. The molecule has 2 aromatic heterocycles. The second-order valence-electron chi connectivity index (χ2n) is 3.87. The van der Waals surface area contributed by atoms with Gasteiger partial charge in [-0.25, -0.2) is 14.4 Å². The van der Waals surface area contributed by atoms with Crippen LogP contribution in [0.2, 0.25) is 5.28 Å². The van der Waals surface area contributed by atoms with Crippen molar-refractivity contribution in [2.24, 2.45) is 7.05 Å². The number of aryl methyl sites for hydroxylation is 1. The lowest BCUT2D eigenvalue weighted by Gasteiger charge is -2.03. The largest absolute Gasteiger partial charge is 0.268 e. The van der Waals surface area contributed by atoms with Gasteiger partial charge in [0.05, 0.1) is 22.8 Å². The zero-order chi connectivity index (χ0) is 12.7. The average molecular weight is 263 g/mol. The van der Waals surface area contributed by atoms with E-state index in [1.807, 2.05) is 6.07 Å². The van der Waals surface area contributed by atoms with Crippen LogP contribution >= 0.6 is 11.6 Å². The third-order valence-electron chi connectivity index (χ3n) is 2.74. The Morgan fingerprint density at radius 2 is 2.17 bits per heavy atom. The van der Waals surface area contributed by atoms with Crippen LogP contribution in [0.15, 0.2) is 30.6 Å². The van der Waals surface area contributed by atoms with Crippen LogP contribution in [0, 0.1) is 5.82 Å². The van der Waals surface area contributed by atoms with Gasteiger partial charge in [0.25, 0.3) is 0 Å². The second-order valence-corrected chi connectivity index (χ2v) is 4.21. The third kappa shape index (κ3) is 1.73. The molecule has 0 radical (unpaired) electrons. The molecule has 0 saturated carbocycles. The van der Waals surface area contributed by atoms with E-state index >= 15 is 0 Å². The van der Waals surface area contributed by atoms with Crippen molar-refractivity contribution in [2.45, 2.75) is 0 Å². The van der Waals surface area contributed by atoms with Crippen LogP contribution in [0.1, 0.15) is 0 Å². The maximum absolute atomic E-state index is 13.9. The van der Waals surface area contributed by atoms with Crippen LogP contribution in [-0.2, 0) is 7.05 Å². The first-order valence-electron chi connectivity index (χ1n) is 5.25. The number of benzene rings is 1. The second kappa shape index (κ2) is 4.03. The van der Waals surface area contributed by atoms with E-state index in [9.17, 15) is 4.39 Å². The Bertz CT molecular complexity index is 738. The average Bonchev–Trinajstić information content (AvgIpc) is 2.72. The summed E-state index contributed by atoms with van der Waals surface area (Å²) in [4.78, 5) is 7.86. The van der Waals surface area contributed by atoms with Gasteiger partial charge >= 0.3 is 0 Å². The maximum Gasteiger partial charge on any atom is 0.222 e. The molecule has 0 N–H and O–H groups in total. The summed E-state index contributed by atoms with van der Waals surface area (Å²) >= 11 is 5.73. The molecule has 0 saturated heterocycles. The Labute approximate surface area is 107 Å². The SMILES string of the molecule is Cn1ncc2c(F)cc(-c3ccnc(Cl)n3)cc21. The molecule has 4 nitrogen and oxygen atoms in total. The fraction of sp³-hybridized carbons (Fsp3) is 0.0833. The Balaban J connectivity index is 2.27. The summed E-state index contributed by atoms with van der Waals surface area (Å²) in [5, 5.41) is 4.65. The van der Waals surface area contributed by atoms with Gasteiger partial charge in [0.2, 0.25) is 5.28 Å². The Kier molecular flexibility index (Phi) is 2.48. The Morgan fingerprint density at radius 3 is 2.94 bits per heavy atom. The number of hydrogen-bond acceptors (Lipinski definition) is 3. The Hall–Kier alpha value is -2.01. The van der Waals surface area contributed by atoms with Gasteiger partial charge in [0.15, 0.2) is 0 Å². The standard InChI is InChI=1S/C12H8ClFN4/c1-18-11-5-7(4-9(14)8(11)6-16-18)10-2-3-15-12(13)17-10/h2-6H,1H3. The summed E-state index contributed by atoms with van der Waals surface area (Å²) in [6.45, 7) is 0. The summed E-state index contributed by atoms with van der Waals surface area (Å²) in [5.74, 6) is -0.328. The molecule has 0 unspecified atom stereocenters. The van der Waals surface area contributed by atoms with E-state index in [4.69, 9.17) is 11.6 Å². The van der Waals surface area contributed by atoms with Crippen LogP contribution in [0.5, 0.6) is 0 Å². The van der Waals surface area contributed by atoms with Crippen LogP contribution in [0.3, 0.4) is 0 Å². The molecule has 0 aliphatic carbocycles. The van der Waals surface area contributed by atoms with E-state index in [1.165, 1.54) is 18.5 Å². The molecule has 0 fully saturated rings. The van der Waals surface area contributed by atoms with Crippen molar-refractivity contribution in [1.29, 1.82) is 0 Å². The lowest BCUT2D eigenvalue weighted by molar-refractivity contribution is 0.640. The molecule has 2 heterocycles. The van der Waals surface area contributed by atoms with Crippen molar-refractivity contribution in [3.8, 4) is 11.3 Å². The third-order valence-corrected chi connectivity index (χ3v) is 2.92. The normalized spacial score (nSPS) is 11.1. The van der Waals surface area contributed by atoms with E-state index in [2.05, 4.69) is 15.1 Å². The summed E-state index contributed by atoms with van der Waals surface area (Å²) in [5.41, 5.74) is 1.93. The van der Waals surface area contributed by atoms with Crippen LogP contribution in [0.4, 0.5) is 4.39 Å². The van der Waals surface area contributed by atoms with E-state index < -0.39 is 0 Å². The molecule has 0 bridgehead atoms. The van der Waals surface area contributed by atoms with Gasteiger partial charge in [-0.1, -0.05) is 0 Å². The quantitative estimate of drug-likeness (QED) is 0.634. The molecule has 3 aromatic rings. The van der Waals surface area contributed by atoms with Crippen molar-refractivity contribution in [3.63, 3.8) is 0 Å². The predicted molar refractivity (Wildman–Crippen MR) is 66.7 cm³/mol. The van der Waals surface area contributed by atoms with Gasteiger partial charge in [-0.15, -0.1) is 0 Å². The van der Waals surface area contributed by atoms with E-state index in [-0.39, 0.29) is 11.1 Å². The zero-order valence-electron chi connectivity index (χ0n) is 9.43. The number of rotatable bonds is 1. The number of nitrogens with zero attached hydrogens (tertiary/aromatic N) is 4. The first-order valence-corrected chi connectivity index (χ1v) is 5.63. The number of aromatic nitrogens is 4. The molecule has 3 rings (SSSR count). The minimum Gasteiger partial charge on any atom is -0.268 e. The van der Waals surface area contributed by atoms with E-state index in [0.29, 0.717) is 22.2 Å². The molecule has 0 atom stereocenters. The number of hydrogen-bond donors (Lipinski definition) is 0. The molecule has 6 heteroatoms. The van der Waals surface area contributed by atoms with Crippen molar-refractivity contribution in [3.05, 3.63) is 41.7 Å². The molecule has 0 aliphatic rings. The lowest BCUT2D eigenvalue weighted by atomic mass is 10.1. The van der Waals surface area contributed by atoms with Crippen molar-refractivity contribution >= 4 is 22.5 Å². The summed E-state index contributed by atoms with van der Waals surface area (Å²) in [6, 6.07) is 4.93. The lowest BCUT2D eigenvalue weighted by Crippen LogP contribution is -1.92. The molecular formula is C12H8ClFN4. The fourth-order valence-corrected chi connectivity index (χ4v) is 2.00. The zero-order valence-corrected chi connectivity index (χ0v) is 10.2. The first kappa shape index (κ1) is 11.1. The highest BCUT2D eigenvalue weighted by atomic mass is 35.5. The molecule has 0 amide bonds. The van der Waals surface area contributed by atoms with Gasteiger partial charge in [-0.2, -0.15) is 5.10 Å². The van der Waals surface area contributed by atoms with Gasteiger partial charge in [0.1, 0.15) is 5.82 Å². The van der Waals surface area contributed by atoms with Gasteiger partial charge in [-0.05, 0) is 29.8 Å². The maximum atomic E-state index is 13.9. The summed E-state index contributed by atoms with van der Waals surface area (Å²) in [6.07, 6.45) is 3.04. The highest BCUT2D eigenvalue weighted by Gasteiger charge is 2.10. The Morgan fingerprint density at radius 1 is 1.33 bits per heavy atom. The van der Waals surface area contributed by atoms with E-state index in [0.717, 1.165) is 0 Å². The van der Waals surface area contributed by atoms with Crippen molar-refractivity contribution in [2.75, 3.05) is 0 Å². The van der Waals surface area contributed by atoms with Crippen LogP contribution in [-0.4, -0.2) is 19.7 Å². The number of halogens is 2. The van der Waals surface area contributed by atoms with E-state index in [1.54, 1.807) is 17.8 Å². The van der Waals surface area contributed by atoms with Gasteiger partial charge < -0.3 is 0 Å². The summed E-state index contributed by atoms with van der Waals surface area (Å²) < 4.78 is 15.5. The first-order chi connectivity index (χ1) is 8.65. The monoisotopic (exact) mass is 262 g/mol. The minimum atomic E-state index is -0.328. The molecule has 0 spiro atoms. The van der Waals surface area contributed by atoms with Gasteiger partial charge in [0, 0.05) is 18.8 Å². The molecular weight excluding hydrogens is 255 g/mol. The number of fused-ring (bicyclic) bond motifs is 1. The predicted octanol–water partition coefficient (Wildman–Crippen LogP) is 2.82. The highest BCUT2D eigenvalue weighted by molar-refractivity contribution is 6.28. The van der Waals surface area contributed by atoms with Gasteiger partial charge in [-0.3, -0.25) is 4.68 Å². The topological polar surface area (TPSA) is 43.6 Å². The molecule has 1 aromatic carbocycles. The fourth-order valence-electron chi connectivity index (χ4n) is 1.85. The molecule has 0 aliphatic heterocycles. The van der Waals surface area contributed by atoms with Crippen molar-refractivity contribution < 1.29 is 4.39 Å². The smallest absolute Gasteiger partial charge is 0.222 e. The highest BCUT2D eigenvalue weighted by Crippen LogP contribution is 2.25.